The Morgan fingerprint density at radius 3 is 2.36 bits per heavy atom. The van der Waals surface area contributed by atoms with Gasteiger partial charge in [0.15, 0.2) is 4.46 Å². The summed E-state index contributed by atoms with van der Waals surface area (Å²) in [5.74, 6) is 0. The number of hydrogen-bond donors (Lipinski definition) is 1. The minimum absolute atomic E-state index is 0.821. The highest BCUT2D eigenvalue weighted by molar-refractivity contribution is 6.47. The van der Waals surface area contributed by atoms with Crippen molar-refractivity contribution < 1.29 is 0 Å². The molecule has 1 rings (SSSR count). The zero-order chi connectivity index (χ0) is 8.32. The molecule has 0 fully saturated rings. The number of halogens is 2. The molecule has 0 aromatic heterocycles. The van der Waals surface area contributed by atoms with Gasteiger partial charge < -0.3 is 0 Å². The van der Waals surface area contributed by atoms with Crippen LogP contribution in [0.25, 0.3) is 0 Å². The lowest BCUT2D eigenvalue weighted by atomic mass is 10.2. The molecule has 0 aliphatic heterocycles. The van der Waals surface area contributed by atoms with Crippen LogP contribution in [0.15, 0.2) is 24.3 Å². The summed E-state index contributed by atoms with van der Waals surface area (Å²) in [6, 6.07) is 10.1. The molecule has 0 heterocycles. The molecule has 1 aromatic rings. The largest absolute Gasteiger partial charge is 0.285 e. The van der Waals surface area contributed by atoms with Gasteiger partial charge >= 0.3 is 0 Å². The Morgan fingerprint density at radius 2 is 1.91 bits per heavy atom. The lowest BCUT2D eigenvalue weighted by Gasteiger charge is -2.18. The zero-order valence-corrected chi connectivity index (χ0v) is 7.58. The smallest absolute Gasteiger partial charge is 0.194 e. The Labute approximate surface area is 76.3 Å². The molecular weight excluding hydrogens is 181 g/mol. The van der Waals surface area contributed by atoms with Gasteiger partial charge in [-0.05, 0) is 13.1 Å². The van der Waals surface area contributed by atoms with Gasteiger partial charge in [-0.3, -0.25) is 5.32 Å². The molecule has 1 radical (unpaired) electrons. The van der Waals surface area contributed by atoms with E-state index >= 15 is 0 Å². The molecule has 1 nitrogen and oxygen atoms in total. The van der Waals surface area contributed by atoms with Crippen LogP contribution in [0.1, 0.15) is 5.56 Å². The van der Waals surface area contributed by atoms with E-state index in [9.17, 15) is 0 Å². The molecule has 3 heteroatoms. The van der Waals surface area contributed by atoms with Gasteiger partial charge in [-0.2, -0.15) is 0 Å². The summed E-state index contributed by atoms with van der Waals surface area (Å²) in [6.45, 7) is 0. The first-order valence-electron chi connectivity index (χ1n) is 3.20. The fourth-order valence-electron chi connectivity index (χ4n) is 0.741. The second-order valence-electron chi connectivity index (χ2n) is 2.11. The highest BCUT2D eigenvalue weighted by Crippen LogP contribution is 2.29. The van der Waals surface area contributed by atoms with Crippen molar-refractivity contribution in [3.63, 3.8) is 0 Å². The molecule has 0 spiro atoms. The van der Waals surface area contributed by atoms with Crippen molar-refractivity contribution in [2.75, 3.05) is 7.05 Å². The maximum atomic E-state index is 5.89. The van der Waals surface area contributed by atoms with Crippen molar-refractivity contribution in [3.05, 3.63) is 35.9 Å². The quantitative estimate of drug-likeness (QED) is 0.555. The van der Waals surface area contributed by atoms with Crippen molar-refractivity contribution in [1.82, 2.24) is 5.32 Å². The van der Waals surface area contributed by atoms with E-state index in [4.69, 9.17) is 23.2 Å². The monoisotopic (exact) mass is 188 g/mol. The van der Waals surface area contributed by atoms with E-state index < -0.39 is 4.46 Å². The third-order valence-electron chi connectivity index (χ3n) is 1.39. The van der Waals surface area contributed by atoms with E-state index in [1.54, 1.807) is 19.2 Å². The highest BCUT2D eigenvalue weighted by atomic mass is 35.5. The summed E-state index contributed by atoms with van der Waals surface area (Å²) < 4.78 is -0.991. The van der Waals surface area contributed by atoms with Crippen LogP contribution in [-0.2, 0) is 4.46 Å². The third kappa shape index (κ3) is 2.09. The van der Waals surface area contributed by atoms with Gasteiger partial charge in [0.05, 0.1) is 0 Å². The Kier molecular flexibility index (Phi) is 2.77. The molecule has 0 saturated carbocycles. The molecule has 0 amide bonds. The minimum Gasteiger partial charge on any atom is -0.285 e. The molecule has 0 atom stereocenters. The van der Waals surface area contributed by atoms with E-state index in [0.29, 0.717) is 0 Å². The summed E-state index contributed by atoms with van der Waals surface area (Å²) in [7, 11) is 1.71. The summed E-state index contributed by atoms with van der Waals surface area (Å²) >= 11 is 11.8. The second kappa shape index (κ2) is 3.44. The second-order valence-corrected chi connectivity index (χ2v) is 3.44. The Hall–Kier alpha value is -0.240. The number of nitrogens with one attached hydrogen (secondary N) is 1. The summed E-state index contributed by atoms with van der Waals surface area (Å²) in [5.41, 5.74) is 0.821. The van der Waals surface area contributed by atoms with Crippen molar-refractivity contribution >= 4 is 23.2 Å². The molecule has 59 valence electrons. The van der Waals surface area contributed by atoms with E-state index in [2.05, 4.69) is 11.4 Å². The molecule has 1 N–H and O–H groups in total. The van der Waals surface area contributed by atoms with E-state index in [1.165, 1.54) is 0 Å². The van der Waals surface area contributed by atoms with Crippen LogP contribution in [0.2, 0.25) is 0 Å². The SMILES string of the molecule is CNC(Cl)(Cl)c1cc[c]cc1. The van der Waals surface area contributed by atoms with E-state index in [1.807, 2.05) is 12.1 Å². The van der Waals surface area contributed by atoms with Crippen molar-refractivity contribution in [1.29, 1.82) is 0 Å². The number of benzene rings is 1. The van der Waals surface area contributed by atoms with Crippen LogP contribution in [0, 0.1) is 6.07 Å². The molecule has 0 unspecified atom stereocenters. The van der Waals surface area contributed by atoms with Crippen molar-refractivity contribution in [2.24, 2.45) is 0 Å². The average Bonchev–Trinajstić information content (AvgIpc) is 2.06. The zero-order valence-electron chi connectivity index (χ0n) is 6.07. The van der Waals surface area contributed by atoms with Crippen LogP contribution < -0.4 is 5.32 Å². The first-order valence-corrected chi connectivity index (χ1v) is 3.96. The molecule has 11 heavy (non-hydrogen) atoms. The van der Waals surface area contributed by atoms with Gasteiger partial charge in [-0.1, -0.05) is 47.5 Å². The van der Waals surface area contributed by atoms with Crippen LogP contribution in [0.4, 0.5) is 0 Å². The maximum absolute atomic E-state index is 5.89. The maximum Gasteiger partial charge on any atom is 0.194 e. The number of alkyl halides is 2. The lowest BCUT2D eigenvalue weighted by molar-refractivity contribution is 0.711. The van der Waals surface area contributed by atoms with Gasteiger partial charge in [-0.25, -0.2) is 0 Å². The van der Waals surface area contributed by atoms with Gasteiger partial charge in [0.2, 0.25) is 0 Å². The third-order valence-corrected chi connectivity index (χ3v) is 2.21. The first-order chi connectivity index (χ1) is 5.17. The Balaban J connectivity index is 2.93. The lowest BCUT2D eigenvalue weighted by Crippen LogP contribution is -2.27. The van der Waals surface area contributed by atoms with Crippen LogP contribution in [0.5, 0.6) is 0 Å². The normalized spacial score (nSPS) is 11.5. The average molecular weight is 189 g/mol. The highest BCUT2D eigenvalue weighted by Gasteiger charge is 2.22. The van der Waals surface area contributed by atoms with Crippen LogP contribution in [-0.4, -0.2) is 7.05 Å². The first kappa shape index (κ1) is 8.85. The Bertz CT molecular complexity index is 221. The van der Waals surface area contributed by atoms with Gasteiger partial charge in [0.1, 0.15) is 0 Å². The van der Waals surface area contributed by atoms with Crippen molar-refractivity contribution in [2.45, 2.75) is 4.46 Å². The van der Waals surface area contributed by atoms with Crippen molar-refractivity contribution in [3.8, 4) is 0 Å². The molecule has 0 aliphatic carbocycles. The molecule has 0 saturated heterocycles. The van der Waals surface area contributed by atoms with Gasteiger partial charge in [-0.15, -0.1) is 0 Å². The fourth-order valence-corrected chi connectivity index (χ4v) is 0.993. The molecule has 0 aliphatic rings. The summed E-state index contributed by atoms with van der Waals surface area (Å²) in [6.07, 6.45) is 0. The van der Waals surface area contributed by atoms with E-state index in [0.717, 1.165) is 5.56 Å². The molecule has 1 aromatic carbocycles. The van der Waals surface area contributed by atoms with E-state index in [-0.39, 0.29) is 0 Å². The molecular formula is C8H8Cl2N. The summed E-state index contributed by atoms with van der Waals surface area (Å²) in [4.78, 5) is 0. The minimum atomic E-state index is -0.991. The predicted octanol–water partition coefficient (Wildman–Crippen LogP) is 2.29. The van der Waals surface area contributed by atoms with Gasteiger partial charge in [0, 0.05) is 5.56 Å². The Morgan fingerprint density at radius 1 is 1.36 bits per heavy atom. The topological polar surface area (TPSA) is 12.0 Å². The fraction of sp³-hybridized carbons (Fsp3) is 0.250. The standard InChI is InChI=1S/C8H8Cl2N/c1-11-8(9,10)7-5-3-2-4-6-7/h3-6,11H,1H3. The van der Waals surface area contributed by atoms with Crippen LogP contribution >= 0.6 is 23.2 Å². The van der Waals surface area contributed by atoms with Crippen LogP contribution in [0.3, 0.4) is 0 Å². The summed E-state index contributed by atoms with van der Waals surface area (Å²) in [5, 5.41) is 2.77. The number of rotatable bonds is 2. The van der Waals surface area contributed by atoms with Gasteiger partial charge in [0.25, 0.3) is 0 Å². The molecule has 0 bridgehead atoms. The predicted molar refractivity (Wildman–Crippen MR) is 47.7 cm³/mol. The number of hydrogen-bond acceptors (Lipinski definition) is 1.